The first-order valence-electron chi connectivity index (χ1n) is 10.5. The monoisotopic (exact) mass is 384 g/mol. The second-order valence-corrected chi connectivity index (χ2v) is 8.61. The van der Waals surface area contributed by atoms with Crippen LogP contribution in [-0.2, 0) is 32.2 Å². The minimum Gasteiger partial charge on any atom is -0.380 e. The molecule has 0 saturated carbocycles. The van der Waals surface area contributed by atoms with E-state index in [2.05, 4.69) is 50.2 Å². The van der Waals surface area contributed by atoms with Gasteiger partial charge in [0.2, 0.25) is 0 Å². The molecule has 0 aromatic heterocycles. The summed E-state index contributed by atoms with van der Waals surface area (Å²) in [6.07, 6.45) is 2.21. The van der Waals surface area contributed by atoms with Crippen LogP contribution in [0.4, 0.5) is 0 Å². The zero-order valence-electron chi connectivity index (χ0n) is 17.2. The van der Waals surface area contributed by atoms with Crippen molar-refractivity contribution in [3.8, 4) is 0 Å². The number of fused-ring (bicyclic) bond motifs is 1. The van der Waals surface area contributed by atoms with Gasteiger partial charge in [0.15, 0.2) is 0 Å². The van der Waals surface area contributed by atoms with Crippen LogP contribution in [0.25, 0.3) is 10.8 Å². The van der Waals surface area contributed by atoms with Gasteiger partial charge in [0.25, 0.3) is 0 Å². The van der Waals surface area contributed by atoms with Crippen LogP contribution < -0.4 is 0 Å². The fourth-order valence-corrected chi connectivity index (χ4v) is 4.01. The van der Waals surface area contributed by atoms with Gasteiger partial charge in [-0.3, -0.25) is 0 Å². The molecule has 28 heavy (non-hydrogen) atoms. The maximum atomic E-state index is 6.10. The molecule has 0 unspecified atom stereocenters. The van der Waals surface area contributed by atoms with Crippen molar-refractivity contribution in [3.05, 3.63) is 47.5 Å². The second kappa shape index (κ2) is 8.50. The molecule has 0 aliphatic carbocycles. The minimum absolute atomic E-state index is 0.226. The molecule has 4 nitrogen and oxygen atoms in total. The summed E-state index contributed by atoms with van der Waals surface area (Å²) in [5.41, 5.74) is 2.93. The summed E-state index contributed by atoms with van der Waals surface area (Å²) >= 11 is 0. The van der Waals surface area contributed by atoms with Gasteiger partial charge < -0.3 is 18.9 Å². The van der Waals surface area contributed by atoms with Crippen molar-refractivity contribution in [3.63, 3.8) is 0 Å². The molecule has 2 aromatic carbocycles. The lowest BCUT2D eigenvalue weighted by Crippen LogP contribution is -2.45. The van der Waals surface area contributed by atoms with E-state index in [9.17, 15) is 0 Å². The molecule has 0 atom stereocenters. The van der Waals surface area contributed by atoms with Crippen LogP contribution in [0.2, 0.25) is 0 Å². The number of benzene rings is 2. The van der Waals surface area contributed by atoms with Gasteiger partial charge in [0.1, 0.15) is 0 Å². The topological polar surface area (TPSA) is 36.9 Å². The quantitative estimate of drug-likeness (QED) is 0.594. The average molecular weight is 385 g/mol. The summed E-state index contributed by atoms with van der Waals surface area (Å²) in [5.74, 6) is 0. The third-order valence-electron chi connectivity index (χ3n) is 6.57. The Balaban J connectivity index is 1.41. The van der Waals surface area contributed by atoms with E-state index < -0.39 is 0 Å². The maximum Gasteiger partial charge on any atom is 0.0723 e. The van der Waals surface area contributed by atoms with E-state index in [0.717, 1.165) is 52.5 Å². The van der Waals surface area contributed by atoms with E-state index in [0.29, 0.717) is 13.2 Å². The SMILES string of the molecule is CCC1(COCc2cccc3c(COCC4(CC)COC4)cccc23)COC1. The molecule has 2 aliphatic heterocycles. The minimum atomic E-state index is 0.226. The van der Waals surface area contributed by atoms with Crippen LogP contribution in [0, 0.1) is 10.8 Å². The Morgan fingerprint density at radius 1 is 0.714 bits per heavy atom. The molecule has 0 bridgehead atoms. The second-order valence-electron chi connectivity index (χ2n) is 8.61. The highest BCUT2D eigenvalue weighted by atomic mass is 16.5. The van der Waals surface area contributed by atoms with E-state index in [-0.39, 0.29) is 10.8 Å². The standard InChI is InChI=1S/C24H32O4/c1-3-23(15-27-16-23)13-25-11-19-7-5-10-22-20(8-6-9-21(19)22)12-26-14-24(4-2)17-28-18-24/h5-10H,3-4,11-18H2,1-2H3. The summed E-state index contributed by atoms with van der Waals surface area (Å²) in [5, 5.41) is 2.52. The van der Waals surface area contributed by atoms with Gasteiger partial charge in [-0.1, -0.05) is 50.2 Å². The lowest BCUT2D eigenvalue weighted by atomic mass is 9.84. The third-order valence-corrected chi connectivity index (χ3v) is 6.57. The first-order valence-corrected chi connectivity index (χ1v) is 10.5. The van der Waals surface area contributed by atoms with Gasteiger partial charge in [0, 0.05) is 10.8 Å². The number of rotatable bonds is 10. The lowest BCUT2D eigenvalue weighted by Gasteiger charge is -2.40. The van der Waals surface area contributed by atoms with Gasteiger partial charge in [-0.25, -0.2) is 0 Å². The Morgan fingerprint density at radius 3 is 1.46 bits per heavy atom. The van der Waals surface area contributed by atoms with Gasteiger partial charge in [-0.05, 0) is 34.7 Å². The van der Waals surface area contributed by atoms with Crippen molar-refractivity contribution in [2.45, 2.75) is 39.9 Å². The molecular weight excluding hydrogens is 352 g/mol. The van der Waals surface area contributed by atoms with Crippen LogP contribution in [0.3, 0.4) is 0 Å². The molecule has 2 aliphatic rings. The lowest BCUT2D eigenvalue weighted by molar-refractivity contribution is -0.152. The zero-order valence-corrected chi connectivity index (χ0v) is 17.2. The molecule has 0 radical (unpaired) electrons. The predicted molar refractivity (Wildman–Crippen MR) is 110 cm³/mol. The molecule has 0 spiro atoms. The van der Waals surface area contributed by atoms with Gasteiger partial charge in [-0.15, -0.1) is 0 Å². The summed E-state index contributed by atoms with van der Waals surface area (Å²) in [6, 6.07) is 13.0. The van der Waals surface area contributed by atoms with Crippen LogP contribution in [0.15, 0.2) is 36.4 Å². The summed E-state index contributed by atoms with van der Waals surface area (Å²) < 4.78 is 23.0. The summed E-state index contributed by atoms with van der Waals surface area (Å²) in [4.78, 5) is 0. The van der Waals surface area contributed by atoms with E-state index in [1.54, 1.807) is 0 Å². The molecule has 0 amide bonds. The van der Waals surface area contributed by atoms with Crippen LogP contribution in [-0.4, -0.2) is 39.6 Å². The van der Waals surface area contributed by atoms with Crippen molar-refractivity contribution in [1.29, 1.82) is 0 Å². The van der Waals surface area contributed by atoms with E-state index in [1.165, 1.54) is 21.9 Å². The Labute approximate surface area is 168 Å². The molecule has 2 saturated heterocycles. The highest BCUT2D eigenvalue weighted by Crippen LogP contribution is 2.33. The largest absolute Gasteiger partial charge is 0.380 e. The van der Waals surface area contributed by atoms with Crippen molar-refractivity contribution < 1.29 is 18.9 Å². The maximum absolute atomic E-state index is 6.10. The molecule has 2 fully saturated rings. The van der Waals surface area contributed by atoms with Gasteiger partial charge in [-0.2, -0.15) is 0 Å². The Kier molecular flexibility index (Phi) is 6.02. The van der Waals surface area contributed by atoms with Crippen molar-refractivity contribution >= 4 is 10.8 Å². The molecule has 2 aromatic rings. The fraction of sp³-hybridized carbons (Fsp3) is 0.583. The Bertz CT molecular complexity index is 714. The average Bonchev–Trinajstić information content (AvgIpc) is 2.66. The van der Waals surface area contributed by atoms with Gasteiger partial charge >= 0.3 is 0 Å². The van der Waals surface area contributed by atoms with E-state index >= 15 is 0 Å². The highest BCUT2D eigenvalue weighted by Gasteiger charge is 2.37. The van der Waals surface area contributed by atoms with E-state index in [4.69, 9.17) is 18.9 Å². The summed E-state index contributed by atoms with van der Waals surface area (Å²) in [6.45, 7) is 10.5. The normalized spacial score (nSPS) is 19.9. The Hall–Kier alpha value is -1.46. The smallest absolute Gasteiger partial charge is 0.0723 e. The van der Waals surface area contributed by atoms with Crippen molar-refractivity contribution in [2.24, 2.45) is 10.8 Å². The first-order chi connectivity index (χ1) is 13.7. The van der Waals surface area contributed by atoms with Crippen molar-refractivity contribution in [2.75, 3.05) is 39.6 Å². The first kappa shape index (κ1) is 19.8. The third kappa shape index (κ3) is 3.97. The Morgan fingerprint density at radius 2 is 1.14 bits per heavy atom. The molecule has 4 rings (SSSR count). The summed E-state index contributed by atoms with van der Waals surface area (Å²) in [7, 11) is 0. The number of ether oxygens (including phenoxy) is 4. The molecule has 2 heterocycles. The molecule has 0 N–H and O–H groups in total. The van der Waals surface area contributed by atoms with Gasteiger partial charge in [0.05, 0.1) is 52.9 Å². The predicted octanol–water partition coefficient (Wildman–Crippen LogP) is 4.73. The molecule has 152 valence electrons. The van der Waals surface area contributed by atoms with E-state index in [1.807, 2.05) is 0 Å². The highest BCUT2D eigenvalue weighted by molar-refractivity contribution is 5.88. The van der Waals surface area contributed by atoms with Crippen LogP contribution in [0.5, 0.6) is 0 Å². The number of hydrogen-bond donors (Lipinski definition) is 0. The number of hydrogen-bond acceptors (Lipinski definition) is 4. The fourth-order valence-electron chi connectivity index (χ4n) is 4.01. The molecule has 4 heteroatoms. The van der Waals surface area contributed by atoms with Crippen LogP contribution >= 0.6 is 0 Å². The zero-order chi connectivity index (χ0) is 19.5. The van der Waals surface area contributed by atoms with Crippen LogP contribution in [0.1, 0.15) is 37.8 Å². The molecular formula is C24H32O4. The van der Waals surface area contributed by atoms with Crippen molar-refractivity contribution in [1.82, 2.24) is 0 Å².